The molecule has 3 heterocycles. The molecule has 0 N–H and O–H groups in total. The van der Waals surface area contributed by atoms with Crippen molar-refractivity contribution in [1.82, 2.24) is 0 Å². The van der Waals surface area contributed by atoms with Gasteiger partial charge in [0.05, 0.1) is 26.8 Å². The van der Waals surface area contributed by atoms with Crippen LogP contribution in [-0.4, -0.2) is 6.72 Å². The number of hydrogen-bond acceptors (Lipinski definition) is 3. The Hall–Kier alpha value is -3.44. The molecule has 2 aliphatic heterocycles. The number of fused-ring (bicyclic) bond motifs is 2. The van der Waals surface area contributed by atoms with Gasteiger partial charge in [-0.25, -0.2) is 4.99 Å². The fourth-order valence-electron chi connectivity index (χ4n) is 4.26. The summed E-state index contributed by atoms with van der Waals surface area (Å²) in [6.07, 6.45) is 2.16. The van der Waals surface area contributed by atoms with E-state index in [2.05, 4.69) is 76.4 Å². The van der Waals surface area contributed by atoms with Crippen LogP contribution in [0, 0.1) is 6.92 Å². The van der Waals surface area contributed by atoms with Crippen LogP contribution in [0.3, 0.4) is 0 Å². The van der Waals surface area contributed by atoms with Gasteiger partial charge in [0.15, 0.2) is 6.20 Å². The Balaban J connectivity index is 1.74. The standard InChI is InChI=1S/C24H18N4S/c1-15-12-16(25-2)9-10-18(15)26-19-13-22-24-23-17(19)6-5-11-27(23)14-28(24)20-7-3-4-8-21(20)29-22/h3-13H,2,14H2,1H3/q+2. The third kappa shape index (κ3) is 2.37. The molecule has 3 aliphatic rings. The maximum atomic E-state index is 5.06. The van der Waals surface area contributed by atoms with Crippen LogP contribution in [-0.2, 0) is 6.67 Å². The predicted octanol–water partition coefficient (Wildman–Crippen LogP) is 4.43. The Bertz CT molecular complexity index is 1510. The van der Waals surface area contributed by atoms with Crippen molar-refractivity contribution >= 4 is 50.5 Å². The zero-order valence-corrected chi connectivity index (χ0v) is 16.8. The van der Waals surface area contributed by atoms with Gasteiger partial charge < -0.3 is 0 Å². The van der Waals surface area contributed by atoms with Gasteiger partial charge in [-0.1, -0.05) is 12.1 Å². The molecule has 29 heavy (non-hydrogen) atoms. The number of para-hydroxylation sites is 1. The summed E-state index contributed by atoms with van der Waals surface area (Å²) < 4.78 is 6.03. The van der Waals surface area contributed by atoms with Crippen molar-refractivity contribution in [3.63, 3.8) is 0 Å². The normalized spacial score (nSPS) is 13.2. The minimum Gasteiger partial charge on any atom is -0.265 e. The van der Waals surface area contributed by atoms with E-state index >= 15 is 0 Å². The molecular weight excluding hydrogens is 376 g/mol. The van der Waals surface area contributed by atoms with Gasteiger partial charge in [-0.3, -0.25) is 4.99 Å². The van der Waals surface area contributed by atoms with Crippen LogP contribution in [0.5, 0.6) is 0 Å². The highest BCUT2D eigenvalue weighted by molar-refractivity contribution is 7.21. The SMILES string of the molecule is C=Nc1ccc(N=c2cc3sc4ccccc4[n+]4c-3c3c2ccc[n+]3C4)c(C)c1. The van der Waals surface area contributed by atoms with E-state index in [0.29, 0.717) is 0 Å². The molecule has 0 radical (unpaired) electrons. The smallest absolute Gasteiger partial charge is 0.265 e. The Kier molecular flexibility index (Phi) is 3.43. The van der Waals surface area contributed by atoms with Crippen LogP contribution in [0.4, 0.5) is 11.4 Å². The first kappa shape index (κ1) is 16.5. The quantitative estimate of drug-likeness (QED) is 0.180. The van der Waals surface area contributed by atoms with Crippen molar-refractivity contribution in [3.8, 4) is 10.6 Å². The minimum absolute atomic E-state index is 0.833. The summed E-state index contributed by atoms with van der Waals surface area (Å²) in [7, 11) is 0. The number of aliphatic imine (C=N–C) groups is 1. The average molecular weight is 395 g/mol. The van der Waals surface area contributed by atoms with Crippen LogP contribution >= 0.6 is 11.3 Å². The van der Waals surface area contributed by atoms with Crippen molar-refractivity contribution in [2.75, 3.05) is 0 Å². The monoisotopic (exact) mass is 394 g/mol. The molecule has 2 aromatic carbocycles. The summed E-state index contributed by atoms with van der Waals surface area (Å²) >= 11 is 1.83. The molecule has 138 valence electrons. The molecule has 0 amide bonds. The highest BCUT2D eigenvalue weighted by Gasteiger charge is 2.38. The van der Waals surface area contributed by atoms with Crippen LogP contribution in [0.1, 0.15) is 5.56 Å². The van der Waals surface area contributed by atoms with Crippen molar-refractivity contribution in [3.05, 3.63) is 77.8 Å². The molecule has 6 rings (SSSR count). The summed E-state index contributed by atoms with van der Waals surface area (Å²) in [4.78, 5) is 10.3. The first-order valence-electron chi connectivity index (χ1n) is 9.55. The van der Waals surface area contributed by atoms with Crippen molar-refractivity contribution < 1.29 is 9.13 Å². The first-order chi connectivity index (χ1) is 14.2. The third-order valence-electron chi connectivity index (χ3n) is 5.62. The summed E-state index contributed by atoms with van der Waals surface area (Å²) in [5.74, 6) is 0. The molecule has 0 fully saturated rings. The van der Waals surface area contributed by atoms with Crippen LogP contribution in [0.2, 0.25) is 0 Å². The van der Waals surface area contributed by atoms with Gasteiger partial charge >= 0.3 is 12.4 Å². The second-order valence-electron chi connectivity index (χ2n) is 7.36. The van der Waals surface area contributed by atoms with E-state index in [1.807, 2.05) is 29.5 Å². The molecule has 0 atom stereocenters. The van der Waals surface area contributed by atoms with E-state index in [1.54, 1.807) is 0 Å². The number of aryl methyl sites for hydroxylation is 1. The molecule has 4 nitrogen and oxygen atoms in total. The van der Waals surface area contributed by atoms with E-state index in [1.165, 1.54) is 31.7 Å². The van der Waals surface area contributed by atoms with E-state index < -0.39 is 0 Å². The van der Waals surface area contributed by atoms with Gasteiger partial charge in [-0.05, 0) is 55.6 Å². The van der Waals surface area contributed by atoms with Crippen molar-refractivity contribution in [1.29, 1.82) is 0 Å². The number of rotatable bonds is 2. The molecule has 0 saturated carbocycles. The predicted molar refractivity (Wildman–Crippen MR) is 117 cm³/mol. The third-order valence-corrected chi connectivity index (χ3v) is 6.71. The van der Waals surface area contributed by atoms with Gasteiger partial charge in [0.1, 0.15) is 4.88 Å². The molecule has 1 aliphatic carbocycles. The minimum atomic E-state index is 0.833. The molecule has 1 aromatic heterocycles. The zero-order chi connectivity index (χ0) is 19.5. The lowest BCUT2D eigenvalue weighted by Crippen LogP contribution is -2.46. The second kappa shape index (κ2) is 6.03. The topological polar surface area (TPSA) is 32.5 Å². The fraction of sp³-hybridized carbons (Fsp3) is 0.0833. The number of pyridine rings is 1. The van der Waals surface area contributed by atoms with Crippen LogP contribution in [0.15, 0.2) is 76.8 Å². The number of benzene rings is 3. The Morgan fingerprint density at radius 1 is 1.03 bits per heavy atom. The van der Waals surface area contributed by atoms with Gasteiger partial charge in [0.25, 0.3) is 5.52 Å². The molecular formula is C24H18N4S+2. The van der Waals surface area contributed by atoms with E-state index in [4.69, 9.17) is 4.99 Å². The summed E-state index contributed by atoms with van der Waals surface area (Å²) in [5.41, 5.74) is 6.77. The zero-order valence-electron chi connectivity index (χ0n) is 16.0. The summed E-state index contributed by atoms with van der Waals surface area (Å²) in [5, 5.41) is 2.18. The number of hydrogen-bond donors (Lipinski definition) is 0. The summed E-state index contributed by atoms with van der Waals surface area (Å²) in [6, 6.07) is 21.2. The van der Waals surface area contributed by atoms with Crippen molar-refractivity contribution in [2.45, 2.75) is 13.6 Å². The van der Waals surface area contributed by atoms with Crippen LogP contribution < -0.4 is 14.5 Å². The molecule has 5 heteroatoms. The number of nitrogens with zero attached hydrogens (tertiary/aromatic N) is 4. The summed E-state index contributed by atoms with van der Waals surface area (Å²) in [6.45, 7) is 6.52. The fourth-order valence-corrected chi connectivity index (χ4v) is 5.40. The Morgan fingerprint density at radius 2 is 1.93 bits per heavy atom. The second-order valence-corrected chi connectivity index (χ2v) is 8.45. The van der Waals surface area contributed by atoms with Crippen LogP contribution in [0.25, 0.3) is 31.7 Å². The maximum absolute atomic E-state index is 5.06. The largest absolute Gasteiger partial charge is 0.345 e. The molecule has 0 spiro atoms. The molecule has 0 saturated heterocycles. The lowest BCUT2D eigenvalue weighted by atomic mass is 10.1. The van der Waals surface area contributed by atoms with E-state index in [0.717, 1.165) is 29.0 Å². The van der Waals surface area contributed by atoms with Gasteiger partial charge in [-0.2, -0.15) is 0 Å². The Labute approximate surface area is 171 Å². The van der Waals surface area contributed by atoms with Gasteiger partial charge in [-0.15, -0.1) is 20.5 Å². The highest BCUT2D eigenvalue weighted by atomic mass is 32.1. The lowest BCUT2D eigenvalue weighted by molar-refractivity contribution is -0.865. The van der Waals surface area contributed by atoms with Gasteiger partial charge in [0, 0.05) is 12.1 Å². The lowest BCUT2D eigenvalue weighted by Gasteiger charge is -2.04. The van der Waals surface area contributed by atoms with E-state index in [9.17, 15) is 0 Å². The van der Waals surface area contributed by atoms with Gasteiger partial charge in [0.2, 0.25) is 5.52 Å². The maximum Gasteiger partial charge on any atom is 0.345 e. The molecule has 0 bridgehead atoms. The molecule has 0 unspecified atom stereocenters. The van der Waals surface area contributed by atoms with E-state index in [-0.39, 0.29) is 0 Å². The number of aromatic nitrogens is 2. The average Bonchev–Trinajstić information content (AvgIpc) is 3.15. The first-order valence-corrected chi connectivity index (χ1v) is 10.4. The molecule has 3 aromatic rings. The highest BCUT2D eigenvalue weighted by Crippen LogP contribution is 2.33. The van der Waals surface area contributed by atoms with Crippen molar-refractivity contribution in [2.24, 2.45) is 9.98 Å². The Morgan fingerprint density at radius 3 is 2.79 bits per heavy atom.